The first-order chi connectivity index (χ1) is 17.8. The third-order valence-corrected chi connectivity index (χ3v) is 7.68. The number of benzene rings is 1. The van der Waals surface area contributed by atoms with Gasteiger partial charge in [0.15, 0.2) is 0 Å². The number of carbonyl (C=O) groups is 1. The summed E-state index contributed by atoms with van der Waals surface area (Å²) in [6, 6.07) is 7.84. The molecule has 0 spiro atoms. The molecule has 1 aromatic heterocycles. The second-order valence-corrected chi connectivity index (χ2v) is 10.9. The highest BCUT2D eigenvalue weighted by Gasteiger charge is 2.27. The normalized spacial score (nSPS) is 18.9. The van der Waals surface area contributed by atoms with Crippen LogP contribution in [0.1, 0.15) is 68.2 Å². The van der Waals surface area contributed by atoms with Crippen LogP contribution in [-0.2, 0) is 34.3 Å². The molecule has 0 bridgehead atoms. The maximum Gasteiger partial charge on any atom is 0.325 e. The minimum absolute atomic E-state index is 0.0184. The summed E-state index contributed by atoms with van der Waals surface area (Å²) in [6.07, 6.45) is 8.03. The van der Waals surface area contributed by atoms with Crippen molar-refractivity contribution in [2.24, 2.45) is 23.9 Å². The number of aliphatic imine (C=N–C) groups is 1. The van der Waals surface area contributed by atoms with Crippen molar-refractivity contribution in [3.8, 4) is 0 Å². The molecule has 1 unspecified atom stereocenters. The lowest BCUT2D eigenvalue weighted by atomic mass is 9.84. The van der Waals surface area contributed by atoms with Crippen LogP contribution < -0.4 is 10.9 Å². The molecule has 7 nitrogen and oxygen atoms in total. The van der Waals surface area contributed by atoms with Crippen LogP contribution in [0.2, 0.25) is 0 Å². The van der Waals surface area contributed by atoms with Gasteiger partial charge in [-0.2, -0.15) is 0 Å². The van der Waals surface area contributed by atoms with Gasteiger partial charge in [0.1, 0.15) is 12.1 Å². The topological polar surface area (TPSA) is 81.9 Å². The lowest BCUT2D eigenvalue weighted by molar-refractivity contribution is -0.152. The van der Waals surface area contributed by atoms with Gasteiger partial charge in [0.2, 0.25) is 0 Å². The van der Waals surface area contributed by atoms with E-state index in [9.17, 15) is 9.59 Å². The Bertz CT molecular complexity index is 1170. The smallest absolute Gasteiger partial charge is 0.325 e. The number of carbonyl (C=O) groups excluding carboxylic acids is 1. The second-order valence-electron chi connectivity index (χ2n) is 10.9. The van der Waals surface area contributed by atoms with E-state index >= 15 is 0 Å². The summed E-state index contributed by atoms with van der Waals surface area (Å²) in [4.78, 5) is 30.3. The quantitative estimate of drug-likeness (QED) is 0.501. The van der Waals surface area contributed by atoms with Crippen molar-refractivity contribution in [2.75, 3.05) is 13.7 Å². The summed E-state index contributed by atoms with van der Waals surface area (Å²) in [5.41, 5.74) is 6.02. The molecule has 1 fully saturated rings. The molecule has 37 heavy (non-hydrogen) atoms. The third-order valence-electron chi connectivity index (χ3n) is 7.68. The number of aromatic nitrogens is 1. The Hall–Kier alpha value is -2.77. The number of pyridine rings is 1. The number of fused-ring (bicyclic) bond motifs is 1. The van der Waals surface area contributed by atoms with Gasteiger partial charge in [-0.1, -0.05) is 26.0 Å². The maximum atomic E-state index is 12.8. The molecule has 2 heterocycles. The van der Waals surface area contributed by atoms with Crippen molar-refractivity contribution in [3.05, 3.63) is 63.1 Å². The zero-order valence-corrected chi connectivity index (χ0v) is 22.9. The van der Waals surface area contributed by atoms with Crippen molar-refractivity contribution in [2.45, 2.75) is 78.0 Å². The van der Waals surface area contributed by atoms with Gasteiger partial charge in [-0.15, -0.1) is 0 Å². The number of nitrogens with zero attached hydrogens (tertiary/aromatic N) is 2. The fourth-order valence-electron chi connectivity index (χ4n) is 5.51. The van der Waals surface area contributed by atoms with Crippen LogP contribution in [0, 0.1) is 18.8 Å². The zero-order chi connectivity index (χ0) is 26.5. The first-order valence-electron chi connectivity index (χ1n) is 13.6. The average Bonchev–Trinajstić information content (AvgIpc) is 3.29. The molecule has 0 amide bonds. The Morgan fingerprint density at radius 3 is 2.62 bits per heavy atom. The van der Waals surface area contributed by atoms with Crippen molar-refractivity contribution in [1.82, 2.24) is 9.88 Å². The lowest BCUT2D eigenvalue weighted by Crippen LogP contribution is -2.42. The Morgan fingerprint density at radius 2 is 1.95 bits per heavy atom. The van der Waals surface area contributed by atoms with Crippen molar-refractivity contribution >= 4 is 17.4 Å². The number of hydrogen-bond acceptors (Lipinski definition) is 6. The summed E-state index contributed by atoms with van der Waals surface area (Å²) in [7, 11) is 3.40. The van der Waals surface area contributed by atoms with E-state index in [-0.39, 0.29) is 24.2 Å². The van der Waals surface area contributed by atoms with Gasteiger partial charge in [0, 0.05) is 43.9 Å². The molecule has 1 N–H and O–H groups in total. The van der Waals surface area contributed by atoms with Crippen LogP contribution in [0.5, 0.6) is 0 Å². The molecule has 4 rings (SSSR count). The fraction of sp³-hybridized carbons (Fsp3) is 0.567. The minimum Gasteiger partial charge on any atom is -0.461 e. The lowest BCUT2D eigenvalue weighted by Gasteiger charge is -2.22. The predicted molar refractivity (Wildman–Crippen MR) is 147 cm³/mol. The van der Waals surface area contributed by atoms with Crippen molar-refractivity contribution in [3.63, 3.8) is 0 Å². The standard InChI is InChI=1S/C30H41N3O4/c1-19(2)25-13-12-22-11-10-21(16-31-27(18-36-5)30(35)37-24-8-6-7-9-24)15-26(22)32-28(25)23-14-20(3)29(34)33(4)17-23/h10-11,14-15,17,19,24-25,27,31H,6-9,12-13,16,18H2,1-5H3/t25?,27-/m0/s1. The van der Waals surface area contributed by atoms with E-state index in [4.69, 9.17) is 14.5 Å². The molecule has 1 saturated carbocycles. The number of hydrogen-bond donors (Lipinski definition) is 1. The zero-order valence-electron chi connectivity index (χ0n) is 22.9. The van der Waals surface area contributed by atoms with Crippen LogP contribution in [0.4, 0.5) is 5.69 Å². The molecule has 1 aliphatic carbocycles. The van der Waals surface area contributed by atoms with Crippen LogP contribution in [0.25, 0.3) is 0 Å². The van der Waals surface area contributed by atoms with Gasteiger partial charge in [0.05, 0.1) is 18.0 Å². The third kappa shape index (κ3) is 6.57. The Labute approximate surface area is 220 Å². The van der Waals surface area contributed by atoms with Crippen molar-refractivity contribution < 1.29 is 14.3 Å². The van der Waals surface area contributed by atoms with Crippen LogP contribution >= 0.6 is 0 Å². The predicted octanol–water partition coefficient (Wildman–Crippen LogP) is 4.62. The molecule has 7 heteroatoms. The van der Waals surface area contributed by atoms with Gasteiger partial charge in [0.25, 0.3) is 5.56 Å². The Balaban J connectivity index is 1.58. The maximum absolute atomic E-state index is 12.8. The van der Waals surface area contributed by atoms with E-state index in [0.717, 1.165) is 66.6 Å². The number of rotatable bonds is 9. The van der Waals surface area contributed by atoms with E-state index in [1.807, 2.05) is 19.2 Å². The van der Waals surface area contributed by atoms with E-state index in [2.05, 4.69) is 37.4 Å². The number of esters is 1. The molecule has 2 aliphatic rings. The average molecular weight is 508 g/mol. The largest absolute Gasteiger partial charge is 0.461 e. The Kier molecular flexibility index (Phi) is 8.98. The highest BCUT2D eigenvalue weighted by Crippen LogP contribution is 2.33. The number of ether oxygens (including phenoxy) is 2. The molecule has 0 saturated heterocycles. The minimum atomic E-state index is -0.512. The number of aryl methyl sites for hydroxylation is 3. The number of methoxy groups -OCH3 is 1. The molecular weight excluding hydrogens is 466 g/mol. The summed E-state index contributed by atoms with van der Waals surface area (Å²) < 4.78 is 12.7. The van der Waals surface area contributed by atoms with Gasteiger partial charge in [-0.25, -0.2) is 0 Å². The van der Waals surface area contributed by atoms with E-state index in [0.29, 0.717) is 18.4 Å². The molecule has 1 aromatic carbocycles. The molecule has 0 radical (unpaired) electrons. The SMILES string of the molecule is COC[C@H](NCc1ccc2c(c1)N=C(c1cc(C)c(=O)n(C)c1)C(C(C)C)CC2)C(=O)OC1CCCC1. The number of nitrogens with one attached hydrogen (secondary N) is 1. The highest BCUT2D eigenvalue weighted by atomic mass is 16.5. The van der Waals surface area contributed by atoms with Gasteiger partial charge < -0.3 is 14.0 Å². The monoisotopic (exact) mass is 507 g/mol. The van der Waals surface area contributed by atoms with Crippen LogP contribution in [0.15, 0.2) is 40.2 Å². The van der Waals surface area contributed by atoms with Gasteiger partial charge >= 0.3 is 5.97 Å². The second kappa shape index (κ2) is 12.2. The summed E-state index contributed by atoms with van der Waals surface area (Å²) >= 11 is 0. The van der Waals surface area contributed by atoms with Gasteiger partial charge in [-0.05, 0) is 74.6 Å². The van der Waals surface area contributed by atoms with E-state index < -0.39 is 6.04 Å². The molecule has 2 aromatic rings. The first-order valence-corrected chi connectivity index (χ1v) is 13.6. The summed E-state index contributed by atoms with van der Waals surface area (Å²) in [6.45, 7) is 7.11. The van der Waals surface area contributed by atoms with Crippen LogP contribution in [0.3, 0.4) is 0 Å². The fourth-order valence-corrected chi connectivity index (χ4v) is 5.51. The Morgan fingerprint density at radius 1 is 1.19 bits per heavy atom. The molecule has 200 valence electrons. The highest BCUT2D eigenvalue weighted by molar-refractivity contribution is 6.04. The van der Waals surface area contributed by atoms with Crippen molar-refractivity contribution in [1.29, 1.82) is 0 Å². The summed E-state index contributed by atoms with van der Waals surface area (Å²) in [5.74, 6) is 0.475. The van der Waals surface area contributed by atoms with E-state index in [1.165, 1.54) is 5.56 Å². The molecular formula is C30H41N3O4. The van der Waals surface area contributed by atoms with Crippen LogP contribution in [-0.4, -0.2) is 42.1 Å². The van der Waals surface area contributed by atoms with E-state index in [1.54, 1.807) is 18.7 Å². The van der Waals surface area contributed by atoms with Gasteiger partial charge in [-0.3, -0.25) is 19.9 Å². The summed E-state index contributed by atoms with van der Waals surface area (Å²) in [5, 5.41) is 3.34. The molecule has 2 atom stereocenters. The molecule has 1 aliphatic heterocycles. The first kappa shape index (κ1) is 27.3.